The van der Waals surface area contributed by atoms with Crippen LogP contribution in [0.25, 0.3) is 0 Å². The Morgan fingerprint density at radius 3 is 2.70 bits per heavy atom. The Hall–Kier alpha value is -2.77. The average Bonchev–Trinajstić information content (AvgIpc) is 3.54. The van der Waals surface area contributed by atoms with Gasteiger partial charge in [0.2, 0.25) is 0 Å². The number of halogens is 3. The molecule has 2 aromatic heterocycles. The summed E-state index contributed by atoms with van der Waals surface area (Å²) in [6, 6.07) is 14.3. The summed E-state index contributed by atoms with van der Waals surface area (Å²) in [5.41, 5.74) is 3.25. The van der Waals surface area contributed by atoms with Crippen molar-refractivity contribution in [2.24, 2.45) is 4.99 Å². The second kappa shape index (κ2) is 11.7. The standard InChI is InChI=1S/C28H23Cl3N2O3S/c29-19-9-10-24(36-16-17-7-8-20(30)13-23(17)31)18(12-19)14-33-28-26(22-5-1-2-6-25(22)37-28)27(34)32-15-21-4-3-11-35-21/h3-4,7-14H,1-2,5-6,15-16H2,(H,32,34). The highest BCUT2D eigenvalue weighted by molar-refractivity contribution is 7.16. The summed E-state index contributed by atoms with van der Waals surface area (Å²) in [4.78, 5) is 19.2. The first kappa shape index (κ1) is 25.9. The van der Waals surface area contributed by atoms with E-state index in [-0.39, 0.29) is 12.5 Å². The maximum absolute atomic E-state index is 13.3. The fourth-order valence-electron chi connectivity index (χ4n) is 4.22. The quantitative estimate of drug-likeness (QED) is 0.215. The monoisotopic (exact) mass is 572 g/mol. The molecule has 1 N–H and O–H groups in total. The molecule has 0 saturated carbocycles. The molecule has 9 heteroatoms. The lowest BCUT2D eigenvalue weighted by molar-refractivity contribution is 0.0948. The molecular formula is C28H23Cl3N2O3S. The molecule has 5 nitrogen and oxygen atoms in total. The minimum Gasteiger partial charge on any atom is -0.488 e. The molecule has 0 atom stereocenters. The molecule has 1 aliphatic carbocycles. The summed E-state index contributed by atoms with van der Waals surface area (Å²) in [7, 11) is 0. The molecule has 37 heavy (non-hydrogen) atoms. The number of carbonyl (C=O) groups excluding carboxylic acids is 1. The molecule has 0 radical (unpaired) electrons. The summed E-state index contributed by atoms with van der Waals surface area (Å²) < 4.78 is 11.4. The van der Waals surface area contributed by atoms with Crippen molar-refractivity contribution in [2.75, 3.05) is 0 Å². The van der Waals surface area contributed by atoms with Crippen molar-refractivity contribution in [2.45, 2.75) is 38.8 Å². The number of thiophene rings is 1. The molecule has 5 rings (SSSR count). The Labute approximate surface area is 234 Å². The fourth-order valence-corrected chi connectivity index (χ4v) is 6.09. The molecule has 1 aliphatic rings. The van der Waals surface area contributed by atoms with Crippen LogP contribution in [0.4, 0.5) is 5.00 Å². The summed E-state index contributed by atoms with van der Waals surface area (Å²) in [5, 5.41) is 5.31. The van der Waals surface area contributed by atoms with E-state index in [2.05, 4.69) is 5.32 Å². The van der Waals surface area contributed by atoms with Gasteiger partial charge in [0, 0.05) is 37.3 Å². The smallest absolute Gasteiger partial charge is 0.255 e. The van der Waals surface area contributed by atoms with Gasteiger partial charge in [0.15, 0.2) is 0 Å². The minimum atomic E-state index is -0.150. The van der Waals surface area contributed by atoms with Crippen LogP contribution in [0.5, 0.6) is 5.75 Å². The van der Waals surface area contributed by atoms with Gasteiger partial charge in [0.1, 0.15) is 23.1 Å². The maximum atomic E-state index is 13.3. The van der Waals surface area contributed by atoms with E-state index in [0.717, 1.165) is 36.8 Å². The zero-order chi connectivity index (χ0) is 25.8. The topological polar surface area (TPSA) is 63.8 Å². The lowest BCUT2D eigenvalue weighted by Gasteiger charge is -2.12. The van der Waals surface area contributed by atoms with Crippen LogP contribution >= 0.6 is 46.1 Å². The van der Waals surface area contributed by atoms with E-state index < -0.39 is 0 Å². The Kier molecular flexibility index (Phi) is 8.20. The third-order valence-electron chi connectivity index (χ3n) is 6.07. The molecule has 0 fully saturated rings. The molecule has 4 aromatic rings. The molecule has 190 valence electrons. The van der Waals surface area contributed by atoms with E-state index >= 15 is 0 Å². The van der Waals surface area contributed by atoms with E-state index in [1.54, 1.807) is 60.2 Å². The highest BCUT2D eigenvalue weighted by atomic mass is 35.5. The van der Waals surface area contributed by atoms with Crippen molar-refractivity contribution in [3.8, 4) is 5.75 Å². The van der Waals surface area contributed by atoms with Gasteiger partial charge < -0.3 is 14.5 Å². The number of hydrogen-bond acceptors (Lipinski definition) is 5. The normalized spacial score (nSPS) is 13.1. The van der Waals surface area contributed by atoms with Crippen molar-refractivity contribution >= 4 is 63.3 Å². The van der Waals surface area contributed by atoms with E-state index in [1.807, 2.05) is 12.1 Å². The van der Waals surface area contributed by atoms with Crippen LogP contribution in [0.3, 0.4) is 0 Å². The van der Waals surface area contributed by atoms with Gasteiger partial charge in [-0.25, -0.2) is 4.99 Å². The first-order valence-corrected chi connectivity index (χ1v) is 13.8. The summed E-state index contributed by atoms with van der Waals surface area (Å²) >= 11 is 20.2. The van der Waals surface area contributed by atoms with Crippen LogP contribution in [-0.4, -0.2) is 12.1 Å². The highest BCUT2D eigenvalue weighted by Gasteiger charge is 2.25. The molecule has 0 saturated heterocycles. The summed E-state index contributed by atoms with van der Waals surface area (Å²) in [5.74, 6) is 1.15. The highest BCUT2D eigenvalue weighted by Crippen LogP contribution is 2.40. The molecule has 0 spiro atoms. The van der Waals surface area contributed by atoms with E-state index in [0.29, 0.717) is 49.3 Å². The molecule has 2 aromatic carbocycles. The summed E-state index contributed by atoms with van der Waals surface area (Å²) in [6.07, 6.45) is 7.30. The van der Waals surface area contributed by atoms with Crippen LogP contribution in [0.15, 0.2) is 64.2 Å². The number of benzene rings is 2. The summed E-state index contributed by atoms with van der Waals surface area (Å²) in [6.45, 7) is 0.575. The minimum absolute atomic E-state index is 0.150. The van der Waals surface area contributed by atoms with E-state index in [1.165, 1.54) is 4.88 Å². The number of aliphatic imine (C=N–C) groups is 1. The largest absolute Gasteiger partial charge is 0.488 e. The molecule has 0 unspecified atom stereocenters. The Bertz CT molecular complexity index is 1450. The van der Waals surface area contributed by atoms with Gasteiger partial charge in [-0.3, -0.25) is 4.79 Å². The van der Waals surface area contributed by atoms with Gasteiger partial charge in [-0.05, 0) is 73.7 Å². The number of nitrogens with zero attached hydrogens (tertiary/aromatic N) is 1. The first-order chi connectivity index (χ1) is 18.0. The molecule has 0 bridgehead atoms. The van der Waals surface area contributed by atoms with Crippen molar-refractivity contribution in [3.05, 3.63) is 103 Å². The van der Waals surface area contributed by atoms with Crippen LogP contribution < -0.4 is 10.1 Å². The average molecular weight is 574 g/mol. The number of fused-ring (bicyclic) bond motifs is 1. The maximum Gasteiger partial charge on any atom is 0.255 e. The van der Waals surface area contributed by atoms with Gasteiger partial charge in [0.25, 0.3) is 5.91 Å². The second-order valence-electron chi connectivity index (χ2n) is 8.62. The molecule has 2 heterocycles. The molecular weight excluding hydrogens is 551 g/mol. The first-order valence-electron chi connectivity index (χ1n) is 11.8. The Balaban J connectivity index is 1.40. The van der Waals surface area contributed by atoms with Crippen molar-refractivity contribution < 1.29 is 13.9 Å². The van der Waals surface area contributed by atoms with Crippen LogP contribution in [-0.2, 0) is 26.0 Å². The third kappa shape index (κ3) is 6.21. The number of aryl methyl sites for hydroxylation is 1. The third-order valence-corrected chi connectivity index (χ3v) is 8.10. The van der Waals surface area contributed by atoms with Crippen LogP contribution in [0.2, 0.25) is 15.1 Å². The van der Waals surface area contributed by atoms with Gasteiger partial charge in [0.05, 0.1) is 18.4 Å². The lowest BCUT2D eigenvalue weighted by Crippen LogP contribution is -2.23. The van der Waals surface area contributed by atoms with Gasteiger partial charge in [-0.15, -0.1) is 11.3 Å². The molecule has 1 amide bonds. The van der Waals surface area contributed by atoms with Crippen molar-refractivity contribution in [1.82, 2.24) is 5.32 Å². The van der Waals surface area contributed by atoms with E-state index in [9.17, 15) is 4.79 Å². The number of amides is 1. The van der Waals surface area contributed by atoms with Crippen LogP contribution in [0.1, 0.15) is 50.5 Å². The van der Waals surface area contributed by atoms with Gasteiger partial charge >= 0.3 is 0 Å². The number of ether oxygens (including phenoxy) is 1. The lowest BCUT2D eigenvalue weighted by atomic mass is 9.95. The fraction of sp³-hybridized carbons (Fsp3) is 0.214. The van der Waals surface area contributed by atoms with E-state index in [4.69, 9.17) is 48.9 Å². The van der Waals surface area contributed by atoms with Gasteiger partial charge in [-0.1, -0.05) is 40.9 Å². The predicted molar refractivity (Wildman–Crippen MR) is 150 cm³/mol. The SMILES string of the molecule is O=C(NCc1ccco1)c1c(N=Cc2cc(Cl)ccc2OCc2ccc(Cl)cc2Cl)sc2c1CCCC2. The number of rotatable bonds is 8. The van der Waals surface area contributed by atoms with Crippen molar-refractivity contribution in [3.63, 3.8) is 0 Å². The number of hydrogen-bond donors (Lipinski definition) is 1. The number of furan rings is 1. The van der Waals surface area contributed by atoms with Crippen molar-refractivity contribution in [1.29, 1.82) is 0 Å². The zero-order valence-corrected chi connectivity index (χ0v) is 22.8. The Morgan fingerprint density at radius 2 is 1.89 bits per heavy atom. The number of carbonyl (C=O) groups is 1. The number of nitrogens with one attached hydrogen (secondary N) is 1. The second-order valence-corrected chi connectivity index (χ2v) is 11.0. The molecule has 0 aliphatic heterocycles. The zero-order valence-electron chi connectivity index (χ0n) is 19.7. The predicted octanol–water partition coefficient (Wildman–Crippen LogP) is 8.44. The van der Waals surface area contributed by atoms with Gasteiger partial charge in [-0.2, -0.15) is 0 Å². The van der Waals surface area contributed by atoms with Crippen LogP contribution in [0, 0.1) is 0 Å². The Morgan fingerprint density at radius 1 is 1.08 bits per heavy atom.